The van der Waals surface area contributed by atoms with Gasteiger partial charge in [0.15, 0.2) is 0 Å². The average molecular weight is 516 g/mol. The number of carbonyl (C=O) groups excluding carboxylic acids is 2. The zero-order valence-corrected chi connectivity index (χ0v) is 21.9. The molecule has 198 valence electrons. The molecular weight excluding hydrogens is 482 g/mol. The Balaban J connectivity index is 1.44. The molecule has 1 heterocycles. The fourth-order valence-corrected chi connectivity index (χ4v) is 4.36. The van der Waals surface area contributed by atoms with Crippen molar-refractivity contribution in [2.75, 3.05) is 55.9 Å². The molecule has 0 spiro atoms. The topological polar surface area (TPSA) is 107 Å². The molecule has 3 aromatic carbocycles. The molecule has 0 aliphatic carbocycles. The summed E-state index contributed by atoms with van der Waals surface area (Å²) < 4.78 is 5.13. The van der Waals surface area contributed by atoms with Crippen molar-refractivity contribution in [3.05, 3.63) is 77.9 Å². The maximum absolute atomic E-state index is 13.1. The molecule has 0 radical (unpaired) electrons. The van der Waals surface area contributed by atoms with E-state index in [1.807, 2.05) is 26.1 Å². The monoisotopic (exact) mass is 515 g/mol. The Labute approximate surface area is 222 Å². The second-order valence-electron chi connectivity index (χ2n) is 8.98. The van der Waals surface area contributed by atoms with Gasteiger partial charge in [0.05, 0.1) is 18.6 Å². The fourth-order valence-electron chi connectivity index (χ4n) is 4.36. The third-order valence-corrected chi connectivity index (χ3v) is 6.65. The van der Waals surface area contributed by atoms with Crippen LogP contribution in [0.2, 0.25) is 0 Å². The van der Waals surface area contributed by atoms with Crippen molar-refractivity contribution in [3.8, 4) is 11.5 Å². The van der Waals surface area contributed by atoms with Gasteiger partial charge in [0.1, 0.15) is 17.2 Å². The first kappa shape index (κ1) is 26.5. The van der Waals surface area contributed by atoms with Crippen LogP contribution in [0.25, 0.3) is 0 Å². The minimum Gasteiger partial charge on any atom is -0.506 e. The van der Waals surface area contributed by atoms with Gasteiger partial charge in [-0.25, -0.2) is 0 Å². The van der Waals surface area contributed by atoms with Gasteiger partial charge in [-0.3, -0.25) is 14.6 Å². The second-order valence-corrected chi connectivity index (χ2v) is 8.98. The van der Waals surface area contributed by atoms with E-state index >= 15 is 0 Å². The molecule has 0 atom stereocenters. The van der Waals surface area contributed by atoms with Crippen molar-refractivity contribution in [1.82, 2.24) is 4.90 Å². The highest BCUT2D eigenvalue weighted by molar-refractivity contribution is 6.11. The Hall–Kier alpha value is -4.53. The van der Waals surface area contributed by atoms with Crippen molar-refractivity contribution < 1.29 is 19.4 Å². The molecule has 0 unspecified atom stereocenters. The lowest BCUT2D eigenvalue weighted by atomic mass is 10.1. The molecule has 1 aliphatic rings. The van der Waals surface area contributed by atoms with Crippen LogP contribution < -0.4 is 20.3 Å². The number of rotatable bonds is 6. The first-order chi connectivity index (χ1) is 18.4. The highest BCUT2D eigenvalue weighted by Crippen LogP contribution is 2.32. The maximum Gasteiger partial charge on any atom is 0.255 e. The highest BCUT2D eigenvalue weighted by atomic mass is 16.5. The molecular formula is C29H33N5O4. The van der Waals surface area contributed by atoms with Gasteiger partial charge >= 0.3 is 0 Å². The molecule has 3 N–H and O–H groups in total. The van der Waals surface area contributed by atoms with E-state index < -0.39 is 5.91 Å². The number of hydrogen-bond acceptors (Lipinski definition) is 6. The number of aliphatic imine (C=N–C) groups is 1. The summed E-state index contributed by atoms with van der Waals surface area (Å²) >= 11 is 0. The predicted octanol–water partition coefficient (Wildman–Crippen LogP) is 4.47. The van der Waals surface area contributed by atoms with E-state index in [-0.39, 0.29) is 23.0 Å². The van der Waals surface area contributed by atoms with Crippen LogP contribution >= 0.6 is 0 Å². The molecule has 0 saturated carbocycles. The zero-order chi connectivity index (χ0) is 27.1. The third kappa shape index (κ3) is 6.23. The molecule has 1 fully saturated rings. The summed E-state index contributed by atoms with van der Waals surface area (Å²) in [4.78, 5) is 34.7. The number of anilines is 3. The van der Waals surface area contributed by atoms with Crippen molar-refractivity contribution in [2.24, 2.45) is 4.99 Å². The van der Waals surface area contributed by atoms with Crippen LogP contribution in [-0.2, 0) is 0 Å². The van der Waals surface area contributed by atoms with E-state index in [1.54, 1.807) is 55.6 Å². The lowest BCUT2D eigenvalue weighted by molar-refractivity contribution is 0.101. The van der Waals surface area contributed by atoms with E-state index in [2.05, 4.69) is 25.4 Å². The van der Waals surface area contributed by atoms with Crippen molar-refractivity contribution in [1.29, 1.82) is 0 Å². The van der Waals surface area contributed by atoms with Gasteiger partial charge in [0.25, 0.3) is 11.8 Å². The number of ether oxygens (including phenoxy) is 1. The third-order valence-electron chi connectivity index (χ3n) is 6.65. The average Bonchev–Trinajstić information content (AvgIpc) is 3.21. The first-order valence-corrected chi connectivity index (χ1v) is 12.5. The lowest BCUT2D eigenvalue weighted by Crippen LogP contribution is -2.33. The largest absolute Gasteiger partial charge is 0.506 e. The van der Waals surface area contributed by atoms with Gasteiger partial charge in [-0.2, -0.15) is 0 Å². The van der Waals surface area contributed by atoms with Crippen molar-refractivity contribution in [3.63, 3.8) is 0 Å². The Kier molecular flexibility index (Phi) is 8.47. The number of amidine groups is 1. The van der Waals surface area contributed by atoms with Gasteiger partial charge in [-0.15, -0.1) is 0 Å². The van der Waals surface area contributed by atoms with Gasteiger partial charge in [-0.05, 0) is 74.0 Å². The smallest absolute Gasteiger partial charge is 0.255 e. The Morgan fingerprint density at radius 3 is 2.18 bits per heavy atom. The number of amides is 2. The number of benzene rings is 3. The van der Waals surface area contributed by atoms with E-state index in [1.165, 1.54) is 6.07 Å². The van der Waals surface area contributed by atoms with Crippen LogP contribution in [0.1, 0.15) is 34.1 Å². The van der Waals surface area contributed by atoms with Crippen LogP contribution in [-0.4, -0.2) is 68.0 Å². The Bertz CT molecular complexity index is 1310. The molecule has 3 aromatic rings. The fraction of sp³-hybridized carbons (Fsp3) is 0.276. The van der Waals surface area contributed by atoms with Gasteiger partial charge in [0, 0.05) is 50.0 Å². The molecule has 0 aromatic heterocycles. The number of hydrogen-bond donors (Lipinski definition) is 3. The minimum absolute atomic E-state index is 0.129. The van der Waals surface area contributed by atoms with Crippen LogP contribution in [0, 0.1) is 0 Å². The normalized spacial score (nSPS) is 14.0. The summed E-state index contributed by atoms with van der Waals surface area (Å²) in [5.41, 5.74) is 2.31. The molecule has 4 rings (SSSR count). The number of nitrogens with one attached hydrogen (secondary N) is 2. The summed E-state index contributed by atoms with van der Waals surface area (Å²) in [6.07, 6.45) is 1.02. The molecule has 1 aliphatic heterocycles. The number of nitrogens with zero attached hydrogens (tertiary/aromatic N) is 3. The molecule has 38 heavy (non-hydrogen) atoms. The van der Waals surface area contributed by atoms with E-state index in [4.69, 9.17) is 4.74 Å². The van der Waals surface area contributed by atoms with Crippen LogP contribution in [0.4, 0.5) is 17.1 Å². The molecule has 0 bridgehead atoms. The lowest BCUT2D eigenvalue weighted by Gasteiger charge is -2.24. The van der Waals surface area contributed by atoms with Crippen molar-refractivity contribution >= 4 is 34.7 Å². The SMILES string of the molecule is C/N=C(\C)N1CCCN(c2ccc(C(=O)Nc3c(O)cccc3NC(=O)c3ccc(OC)cc3)cc2)CC1. The van der Waals surface area contributed by atoms with E-state index in [0.717, 1.165) is 44.1 Å². The summed E-state index contributed by atoms with van der Waals surface area (Å²) in [5, 5.41) is 16.0. The molecule has 9 heteroatoms. The summed E-state index contributed by atoms with van der Waals surface area (Å²) in [5.74, 6) is 0.756. The molecule has 1 saturated heterocycles. The Morgan fingerprint density at radius 1 is 0.868 bits per heavy atom. The second kappa shape index (κ2) is 12.1. The van der Waals surface area contributed by atoms with Gasteiger partial charge in [-0.1, -0.05) is 6.07 Å². The van der Waals surface area contributed by atoms with E-state index in [0.29, 0.717) is 16.9 Å². The minimum atomic E-state index is -0.394. The van der Waals surface area contributed by atoms with Gasteiger partial charge < -0.3 is 30.3 Å². The summed E-state index contributed by atoms with van der Waals surface area (Å²) in [7, 11) is 3.37. The maximum atomic E-state index is 13.1. The number of aromatic hydroxyl groups is 1. The Morgan fingerprint density at radius 2 is 1.53 bits per heavy atom. The quantitative estimate of drug-likeness (QED) is 0.254. The van der Waals surface area contributed by atoms with Crippen LogP contribution in [0.15, 0.2) is 71.7 Å². The number of carbonyl (C=O) groups is 2. The van der Waals surface area contributed by atoms with E-state index in [9.17, 15) is 14.7 Å². The van der Waals surface area contributed by atoms with Crippen LogP contribution in [0.5, 0.6) is 11.5 Å². The molecule has 2 amide bonds. The van der Waals surface area contributed by atoms with Crippen LogP contribution in [0.3, 0.4) is 0 Å². The van der Waals surface area contributed by atoms with Crippen molar-refractivity contribution in [2.45, 2.75) is 13.3 Å². The number of methoxy groups -OCH3 is 1. The summed E-state index contributed by atoms with van der Waals surface area (Å²) in [6, 6.07) is 18.7. The first-order valence-electron chi connectivity index (χ1n) is 12.5. The number of phenolic OH excluding ortho intramolecular Hbond substituents is 1. The summed E-state index contributed by atoms with van der Waals surface area (Å²) in [6.45, 7) is 5.69. The predicted molar refractivity (Wildman–Crippen MR) is 151 cm³/mol. The number of phenols is 1. The zero-order valence-electron chi connectivity index (χ0n) is 21.9. The number of para-hydroxylation sites is 1. The highest BCUT2D eigenvalue weighted by Gasteiger charge is 2.18. The standard InChI is InChI=1S/C29H33N5O4/c1-20(30-2)33-16-5-17-34(19-18-33)23-12-8-21(9-13-23)29(37)32-27-25(6-4-7-26(27)35)31-28(36)22-10-14-24(38-3)15-11-22/h4,6-15,35H,5,16-19H2,1-3H3,(H,31,36)(H,32,37)/b30-20+. The molecule has 9 nitrogen and oxygen atoms in total. The van der Waals surface area contributed by atoms with Gasteiger partial charge in [0.2, 0.25) is 0 Å².